The second-order valence-corrected chi connectivity index (χ2v) is 16.6. The van der Waals surface area contributed by atoms with Crippen LogP contribution in [0.1, 0.15) is 49.9 Å². The van der Waals surface area contributed by atoms with E-state index in [1.807, 2.05) is 0 Å². The number of fused-ring (bicyclic) bond motifs is 8. The molecule has 0 N–H and O–H groups in total. The fraction of sp³-hybridized carbons (Fsp3) is 0.111. The SMILES string of the molecule is CC1(C)c2ccccc2-c2ccc(N(c3ccccc3)c3ccc(-c4ccc5c(c4)c4cccc6c4n5-c4cccc(-c5ccccc5)c4C6(C)C)cc3)cc21. The highest BCUT2D eigenvalue weighted by Crippen LogP contribution is 2.52. The minimum Gasteiger partial charge on any atom is -0.310 e. The van der Waals surface area contributed by atoms with Crippen LogP contribution >= 0.6 is 0 Å². The van der Waals surface area contributed by atoms with Crippen molar-refractivity contribution >= 4 is 38.9 Å². The minimum absolute atomic E-state index is 0.0712. The molecule has 268 valence electrons. The van der Waals surface area contributed by atoms with Gasteiger partial charge < -0.3 is 9.47 Å². The highest BCUT2D eigenvalue weighted by atomic mass is 15.1. The Hall–Kier alpha value is -6.64. The molecule has 0 bridgehead atoms. The molecule has 2 aliphatic rings. The van der Waals surface area contributed by atoms with Crippen LogP contribution in [0.2, 0.25) is 0 Å². The van der Waals surface area contributed by atoms with Gasteiger partial charge in [0, 0.05) is 38.7 Å². The number of rotatable bonds is 5. The van der Waals surface area contributed by atoms with E-state index in [0.717, 1.165) is 17.1 Å². The summed E-state index contributed by atoms with van der Waals surface area (Å²) in [5, 5.41) is 2.58. The molecule has 0 atom stereocenters. The summed E-state index contributed by atoms with van der Waals surface area (Å²) in [6.45, 7) is 9.49. The van der Waals surface area contributed by atoms with Gasteiger partial charge in [-0.25, -0.2) is 0 Å². The molecule has 2 nitrogen and oxygen atoms in total. The van der Waals surface area contributed by atoms with Crippen LogP contribution in [0.5, 0.6) is 0 Å². The van der Waals surface area contributed by atoms with E-state index < -0.39 is 0 Å². The average molecular weight is 719 g/mol. The van der Waals surface area contributed by atoms with Gasteiger partial charge in [0.1, 0.15) is 0 Å². The summed E-state index contributed by atoms with van der Waals surface area (Å²) in [7, 11) is 0. The summed E-state index contributed by atoms with van der Waals surface area (Å²) in [4.78, 5) is 2.39. The number of aromatic nitrogens is 1. The summed E-state index contributed by atoms with van der Waals surface area (Å²) < 4.78 is 2.52. The molecule has 0 amide bonds. The molecular formula is C54H42N2. The van der Waals surface area contributed by atoms with Crippen LogP contribution in [0, 0.1) is 0 Å². The predicted molar refractivity (Wildman–Crippen MR) is 236 cm³/mol. The first kappa shape index (κ1) is 32.8. The first-order chi connectivity index (χ1) is 27.3. The van der Waals surface area contributed by atoms with Crippen LogP contribution in [-0.2, 0) is 10.8 Å². The van der Waals surface area contributed by atoms with E-state index >= 15 is 0 Å². The number of nitrogens with zero attached hydrogens (tertiary/aromatic N) is 2. The Kier molecular flexibility index (Phi) is 6.98. The van der Waals surface area contributed by atoms with Crippen LogP contribution in [-0.4, -0.2) is 4.57 Å². The molecule has 0 radical (unpaired) electrons. The minimum atomic E-state index is -0.173. The normalized spacial score (nSPS) is 14.4. The maximum absolute atomic E-state index is 2.52. The van der Waals surface area contributed by atoms with Gasteiger partial charge in [0.2, 0.25) is 0 Å². The van der Waals surface area contributed by atoms with Gasteiger partial charge in [0.25, 0.3) is 0 Å². The maximum Gasteiger partial charge on any atom is 0.0582 e. The van der Waals surface area contributed by atoms with Crippen molar-refractivity contribution in [2.75, 3.05) is 4.90 Å². The zero-order valence-corrected chi connectivity index (χ0v) is 32.2. The molecule has 56 heavy (non-hydrogen) atoms. The Bertz CT molecular complexity index is 3000. The molecule has 2 heteroatoms. The van der Waals surface area contributed by atoms with E-state index in [9.17, 15) is 0 Å². The number of benzene rings is 8. The molecule has 8 aromatic carbocycles. The third-order valence-electron chi connectivity index (χ3n) is 12.8. The zero-order valence-electron chi connectivity index (χ0n) is 32.2. The third kappa shape index (κ3) is 4.62. The highest BCUT2D eigenvalue weighted by molar-refractivity contribution is 6.13. The lowest BCUT2D eigenvalue weighted by atomic mass is 9.72. The quantitative estimate of drug-likeness (QED) is 0.172. The van der Waals surface area contributed by atoms with Gasteiger partial charge in [0.05, 0.1) is 16.7 Å². The number of hydrogen-bond donors (Lipinski definition) is 0. The molecule has 1 aliphatic carbocycles. The van der Waals surface area contributed by atoms with E-state index in [1.54, 1.807) is 0 Å². The Labute approximate surface area is 328 Å². The smallest absolute Gasteiger partial charge is 0.0582 e. The van der Waals surface area contributed by atoms with Crippen LogP contribution < -0.4 is 4.90 Å². The summed E-state index contributed by atoms with van der Waals surface area (Å²) in [6, 6.07) is 67.3. The number of para-hydroxylation sites is 2. The van der Waals surface area contributed by atoms with Crippen molar-refractivity contribution in [2.45, 2.75) is 38.5 Å². The van der Waals surface area contributed by atoms with Crippen molar-refractivity contribution in [2.24, 2.45) is 0 Å². The predicted octanol–water partition coefficient (Wildman–Crippen LogP) is 14.5. The summed E-state index contributed by atoms with van der Waals surface area (Å²) in [5.74, 6) is 0. The zero-order chi connectivity index (χ0) is 37.8. The molecule has 1 aliphatic heterocycles. The molecule has 1 aromatic heterocycles. The average Bonchev–Trinajstić information content (AvgIpc) is 3.69. The molecule has 0 spiro atoms. The van der Waals surface area contributed by atoms with E-state index in [2.05, 4.69) is 219 Å². The van der Waals surface area contributed by atoms with Gasteiger partial charge >= 0.3 is 0 Å². The first-order valence-electron chi connectivity index (χ1n) is 19.8. The standard InChI is InChI=1S/C54H42N2/c1-53(2)46-22-12-11-19-42(46)43-31-30-40(34-48(43)53)55(38-17-9-6-10-18-38)39-28-25-35(26-29-39)37-27-32-49-45(33-37)44-21-13-23-47-52(44)56(49)50-24-14-20-41(51(50)54(47,3)4)36-15-7-5-8-16-36/h5-34H,1-4H3. The van der Waals surface area contributed by atoms with E-state index in [-0.39, 0.29) is 10.8 Å². The molecular weight excluding hydrogens is 677 g/mol. The molecule has 0 saturated carbocycles. The van der Waals surface area contributed by atoms with E-state index in [0.29, 0.717) is 0 Å². The van der Waals surface area contributed by atoms with E-state index in [1.165, 1.54) is 83.1 Å². The fourth-order valence-electron chi connectivity index (χ4n) is 10.0. The molecule has 11 rings (SSSR count). The summed E-state index contributed by atoms with van der Waals surface area (Å²) in [6.07, 6.45) is 0. The van der Waals surface area contributed by atoms with Gasteiger partial charge in [-0.1, -0.05) is 155 Å². The lowest BCUT2D eigenvalue weighted by molar-refractivity contribution is 0.632. The molecule has 0 saturated heterocycles. The molecule has 9 aromatic rings. The second kappa shape index (κ2) is 11.9. The summed E-state index contributed by atoms with van der Waals surface area (Å²) >= 11 is 0. The van der Waals surface area contributed by atoms with Crippen LogP contribution in [0.4, 0.5) is 17.1 Å². The molecule has 2 heterocycles. The van der Waals surface area contributed by atoms with Gasteiger partial charge in [-0.2, -0.15) is 0 Å². The van der Waals surface area contributed by atoms with Gasteiger partial charge in [0.15, 0.2) is 0 Å². The van der Waals surface area contributed by atoms with Gasteiger partial charge in [-0.05, 0) is 110 Å². The Balaban J connectivity index is 1.02. The first-order valence-corrected chi connectivity index (χ1v) is 19.8. The van der Waals surface area contributed by atoms with Crippen molar-refractivity contribution in [3.63, 3.8) is 0 Å². The van der Waals surface area contributed by atoms with Crippen molar-refractivity contribution in [3.8, 4) is 39.1 Å². The molecule has 0 unspecified atom stereocenters. The Morgan fingerprint density at radius 1 is 0.393 bits per heavy atom. The topological polar surface area (TPSA) is 8.17 Å². The van der Waals surface area contributed by atoms with Crippen LogP contribution in [0.15, 0.2) is 182 Å². The fourth-order valence-corrected chi connectivity index (χ4v) is 10.0. The lowest BCUT2D eigenvalue weighted by Gasteiger charge is -2.36. The monoisotopic (exact) mass is 718 g/mol. The Morgan fingerprint density at radius 2 is 1.02 bits per heavy atom. The highest BCUT2D eigenvalue weighted by Gasteiger charge is 2.38. The van der Waals surface area contributed by atoms with Crippen molar-refractivity contribution < 1.29 is 0 Å². The number of anilines is 3. The lowest BCUT2D eigenvalue weighted by Crippen LogP contribution is -2.27. The van der Waals surface area contributed by atoms with Gasteiger partial charge in [-0.3, -0.25) is 0 Å². The maximum atomic E-state index is 2.52. The van der Waals surface area contributed by atoms with Crippen molar-refractivity contribution in [1.82, 2.24) is 4.57 Å². The van der Waals surface area contributed by atoms with Crippen molar-refractivity contribution in [3.05, 3.63) is 204 Å². The number of hydrogen-bond acceptors (Lipinski definition) is 1. The summed E-state index contributed by atoms with van der Waals surface area (Å²) in [5.41, 5.74) is 20.2. The molecule has 0 fully saturated rings. The van der Waals surface area contributed by atoms with Crippen LogP contribution in [0.3, 0.4) is 0 Å². The van der Waals surface area contributed by atoms with Crippen LogP contribution in [0.25, 0.3) is 60.9 Å². The van der Waals surface area contributed by atoms with Crippen molar-refractivity contribution in [1.29, 1.82) is 0 Å². The third-order valence-corrected chi connectivity index (χ3v) is 12.8. The largest absolute Gasteiger partial charge is 0.310 e. The van der Waals surface area contributed by atoms with E-state index in [4.69, 9.17) is 0 Å². The van der Waals surface area contributed by atoms with Gasteiger partial charge in [-0.15, -0.1) is 0 Å². The second-order valence-electron chi connectivity index (χ2n) is 16.6. The Morgan fingerprint density at radius 3 is 1.82 bits per heavy atom.